The molecular formula is C17H16ClN3. The van der Waals surface area contributed by atoms with Crippen LogP contribution in [0, 0.1) is 0 Å². The molecule has 106 valence electrons. The highest BCUT2D eigenvalue weighted by molar-refractivity contribution is 6.30. The van der Waals surface area contributed by atoms with Crippen molar-refractivity contribution in [3.8, 4) is 0 Å². The fourth-order valence-electron chi connectivity index (χ4n) is 2.59. The maximum absolute atomic E-state index is 6.05. The third-order valence-electron chi connectivity index (χ3n) is 3.62. The fraction of sp³-hybridized carbons (Fsp3) is 0.118. The summed E-state index contributed by atoms with van der Waals surface area (Å²) >= 11 is 6.05. The van der Waals surface area contributed by atoms with Gasteiger partial charge in [-0.1, -0.05) is 48.0 Å². The van der Waals surface area contributed by atoms with Crippen LogP contribution in [0.15, 0.2) is 54.7 Å². The van der Waals surface area contributed by atoms with E-state index in [9.17, 15) is 0 Å². The molecule has 0 aliphatic carbocycles. The van der Waals surface area contributed by atoms with Gasteiger partial charge in [0.2, 0.25) is 0 Å². The highest BCUT2D eigenvalue weighted by Gasteiger charge is 2.16. The first-order valence-electron chi connectivity index (χ1n) is 6.76. The quantitative estimate of drug-likeness (QED) is 0.773. The highest BCUT2D eigenvalue weighted by Crippen LogP contribution is 2.29. The lowest BCUT2D eigenvalue weighted by Gasteiger charge is -2.19. The van der Waals surface area contributed by atoms with Crippen LogP contribution >= 0.6 is 11.6 Å². The van der Waals surface area contributed by atoms with Crippen LogP contribution in [0.1, 0.15) is 17.2 Å². The molecule has 0 fully saturated rings. The first-order valence-corrected chi connectivity index (χ1v) is 7.13. The zero-order valence-corrected chi connectivity index (χ0v) is 12.4. The molecule has 1 aromatic heterocycles. The average molecular weight is 298 g/mol. The molecule has 1 heterocycles. The van der Waals surface area contributed by atoms with Gasteiger partial charge in [-0.05, 0) is 35.5 Å². The van der Waals surface area contributed by atoms with Gasteiger partial charge in [0.05, 0.1) is 11.1 Å². The fourth-order valence-corrected chi connectivity index (χ4v) is 2.75. The lowest BCUT2D eigenvalue weighted by molar-refractivity contribution is 0.692. The van der Waals surface area contributed by atoms with Crippen LogP contribution in [-0.4, -0.2) is 12.0 Å². The van der Waals surface area contributed by atoms with Gasteiger partial charge in [-0.3, -0.25) is 0 Å². The predicted molar refractivity (Wildman–Crippen MR) is 88.5 cm³/mol. The minimum absolute atomic E-state index is 0.0409. The summed E-state index contributed by atoms with van der Waals surface area (Å²) in [6.45, 7) is 0. The Labute approximate surface area is 128 Å². The molecular weight excluding hydrogens is 282 g/mol. The molecule has 0 aliphatic heterocycles. The molecule has 3 aromatic rings. The Morgan fingerprint density at radius 3 is 2.62 bits per heavy atom. The largest absolute Gasteiger partial charge is 0.383 e. The second-order valence-electron chi connectivity index (χ2n) is 4.96. The summed E-state index contributed by atoms with van der Waals surface area (Å²) in [5, 5.41) is 6.29. The van der Waals surface area contributed by atoms with Crippen LogP contribution in [-0.2, 0) is 0 Å². The Hall–Kier alpha value is -2.10. The van der Waals surface area contributed by atoms with E-state index < -0.39 is 0 Å². The molecule has 1 unspecified atom stereocenters. The van der Waals surface area contributed by atoms with Crippen molar-refractivity contribution in [3.63, 3.8) is 0 Å². The van der Waals surface area contributed by atoms with E-state index in [1.165, 1.54) is 10.8 Å². The molecule has 1 atom stereocenters. The Balaban J connectivity index is 2.11. The Morgan fingerprint density at radius 2 is 1.86 bits per heavy atom. The van der Waals surface area contributed by atoms with Gasteiger partial charge in [0, 0.05) is 11.8 Å². The zero-order valence-electron chi connectivity index (χ0n) is 11.7. The van der Waals surface area contributed by atoms with Gasteiger partial charge in [-0.15, -0.1) is 0 Å². The third-order valence-corrected chi connectivity index (χ3v) is 3.83. The van der Waals surface area contributed by atoms with Crippen molar-refractivity contribution >= 4 is 28.2 Å². The van der Waals surface area contributed by atoms with Gasteiger partial charge in [0.15, 0.2) is 0 Å². The summed E-state index contributed by atoms with van der Waals surface area (Å²) in [7, 11) is 1.90. The molecule has 3 nitrogen and oxygen atoms in total. The smallest absolute Gasteiger partial charge is 0.128 e. The standard InChI is InChI=1S/C17H16ClN3/c1-20-16(15-9-14(18)10-21-17(15)19)13-7-6-11-4-2-3-5-12(11)8-13/h2-10,16,20H,1H3,(H2,19,21). The van der Waals surface area contributed by atoms with Crippen molar-refractivity contribution in [1.29, 1.82) is 0 Å². The van der Waals surface area contributed by atoms with Gasteiger partial charge in [-0.2, -0.15) is 0 Å². The molecule has 3 rings (SSSR count). The van der Waals surface area contributed by atoms with Gasteiger partial charge in [-0.25, -0.2) is 4.98 Å². The van der Waals surface area contributed by atoms with Crippen molar-refractivity contribution in [1.82, 2.24) is 10.3 Å². The Morgan fingerprint density at radius 1 is 1.10 bits per heavy atom. The second kappa shape index (κ2) is 5.72. The molecule has 0 spiro atoms. The summed E-state index contributed by atoms with van der Waals surface area (Å²) in [5.41, 5.74) is 8.03. The van der Waals surface area contributed by atoms with Crippen molar-refractivity contribution in [2.45, 2.75) is 6.04 Å². The first kappa shape index (κ1) is 13.9. The van der Waals surface area contributed by atoms with E-state index in [-0.39, 0.29) is 6.04 Å². The number of rotatable bonds is 3. The normalized spacial score (nSPS) is 12.5. The van der Waals surface area contributed by atoms with E-state index >= 15 is 0 Å². The molecule has 0 saturated carbocycles. The summed E-state index contributed by atoms with van der Waals surface area (Å²) in [6, 6.07) is 16.5. The van der Waals surface area contributed by atoms with Crippen LogP contribution in [0.5, 0.6) is 0 Å². The van der Waals surface area contributed by atoms with E-state index in [1.807, 2.05) is 25.2 Å². The first-order chi connectivity index (χ1) is 10.2. The number of benzene rings is 2. The molecule has 3 N–H and O–H groups in total. The molecule has 0 amide bonds. The molecule has 0 bridgehead atoms. The number of fused-ring (bicyclic) bond motifs is 1. The molecule has 0 aliphatic rings. The number of hydrogen-bond donors (Lipinski definition) is 2. The van der Waals surface area contributed by atoms with E-state index in [2.05, 4.69) is 40.6 Å². The van der Waals surface area contributed by atoms with E-state index in [4.69, 9.17) is 17.3 Å². The summed E-state index contributed by atoms with van der Waals surface area (Å²) in [5.74, 6) is 0.493. The molecule has 0 saturated heterocycles. The second-order valence-corrected chi connectivity index (χ2v) is 5.39. The van der Waals surface area contributed by atoms with Crippen LogP contribution < -0.4 is 11.1 Å². The topological polar surface area (TPSA) is 50.9 Å². The average Bonchev–Trinajstić information content (AvgIpc) is 2.51. The van der Waals surface area contributed by atoms with E-state index in [0.29, 0.717) is 10.8 Å². The maximum atomic E-state index is 6.05. The molecule has 21 heavy (non-hydrogen) atoms. The SMILES string of the molecule is CNC(c1ccc2ccccc2c1)c1cc(Cl)cnc1N. The summed E-state index contributed by atoms with van der Waals surface area (Å²) in [6.07, 6.45) is 1.56. The molecule has 2 aromatic carbocycles. The summed E-state index contributed by atoms with van der Waals surface area (Å²) < 4.78 is 0. The number of nitrogens with two attached hydrogens (primary N) is 1. The molecule has 4 heteroatoms. The zero-order chi connectivity index (χ0) is 14.8. The minimum atomic E-state index is -0.0409. The number of pyridine rings is 1. The number of nitrogens with one attached hydrogen (secondary N) is 1. The van der Waals surface area contributed by atoms with Gasteiger partial charge >= 0.3 is 0 Å². The Kier molecular flexibility index (Phi) is 3.78. The van der Waals surface area contributed by atoms with Crippen LogP contribution in [0.4, 0.5) is 5.82 Å². The summed E-state index contributed by atoms with van der Waals surface area (Å²) in [4.78, 5) is 4.14. The van der Waals surface area contributed by atoms with Crippen LogP contribution in [0.3, 0.4) is 0 Å². The van der Waals surface area contributed by atoms with E-state index in [1.54, 1.807) is 6.20 Å². The lowest BCUT2D eigenvalue weighted by atomic mass is 9.97. The van der Waals surface area contributed by atoms with Crippen molar-refractivity contribution in [2.75, 3.05) is 12.8 Å². The van der Waals surface area contributed by atoms with Crippen molar-refractivity contribution in [2.24, 2.45) is 0 Å². The number of hydrogen-bond acceptors (Lipinski definition) is 3. The molecule has 0 radical (unpaired) electrons. The third kappa shape index (κ3) is 2.71. The minimum Gasteiger partial charge on any atom is -0.383 e. The number of nitrogen functional groups attached to an aromatic ring is 1. The van der Waals surface area contributed by atoms with Gasteiger partial charge < -0.3 is 11.1 Å². The van der Waals surface area contributed by atoms with Gasteiger partial charge in [0.25, 0.3) is 0 Å². The van der Waals surface area contributed by atoms with E-state index in [0.717, 1.165) is 11.1 Å². The number of nitrogens with zero attached hydrogens (tertiary/aromatic N) is 1. The Bertz CT molecular complexity index is 786. The monoisotopic (exact) mass is 297 g/mol. The van der Waals surface area contributed by atoms with Crippen LogP contribution in [0.2, 0.25) is 5.02 Å². The van der Waals surface area contributed by atoms with Gasteiger partial charge in [0.1, 0.15) is 5.82 Å². The number of aromatic nitrogens is 1. The predicted octanol–water partition coefficient (Wildman–Crippen LogP) is 3.78. The number of halogens is 1. The van der Waals surface area contributed by atoms with Crippen LogP contribution in [0.25, 0.3) is 10.8 Å². The lowest BCUT2D eigenvalue weighted by Crippen LogP contribution is -2.19. The van der Waals surface area contributed by atoms with Crippen molar-refractivity contribution < 1.29 is 0 Å². The maximum Gasteiger partial charge on any atom is 0.128 e. The number of anilines is 1. The van der Waals surface area contributed by atoms with Crippen molar-refractivity contribution in [3.05, 3.63) is 70.9 Å². The highest BCUT2D eigenvalue weighted by atomic mass is 35.5.